The highest BCUT2D eigenvalue weighted by Gasteiger charge is 2.34. The van der Waals surface area contributed by atoms with E-state index in [4.69, 9.17) is 11.1 Å². The number of hydrogen-bond acceptors (Lipinski definition) is 4. The molecule has 8 heteroatoms. The van der Waals surface area contributed by atoms with Crippen molar-refractivity contribution in [1.82, 2.24) is 13.5 Å². The van der Waals surface area contributed by atoms with Gasteiger partial charge in [0.1, 0.15) is 5.84 Å². The van der Waals surface area contributed by atoms with E-state index in [0.717, 1.165) is 12.8 Å². The second kappa shape index (κ2) is 5.74. The lowest BCUT2D eigenvalue weighted by molar-refractivity contribution is 0.168. The first-order chi connectivity index (χ1) is 8.93. The molecular weight excluding hydrogens is 266 g/mol. The minimum Gasteiger partial charge on any atom is -0.386 e. The first kappa shape index (κ1) is 14.7. The summed E-state index contributed by atoms with van der Waals surface area (Å²) in [5.41, 5.74) is 5.49. The molecule has 2 aliphatic rings. The summed E-state index contributed by atoms with van der Waals surface area (Å²) < 4.78 is 27.9. The largest absolute Gasteiger partial charge is 0.386 e. The minimum absolute atomic E-state index is 0.114. The van der Waals surface area contributed by atoms with Crippen LogP contribution in [0.25, 0.3) is 0 Å². The molecule has 0 aromatic rings. The zero-order valence-electron chi connectivity index (χ0n) is 11.4. The predicted molar refractivity (Wildman–Crippen MR) is 74.2 cm³/mol. The molecule has 2 fully saturated rings. The number of rotatable bonds is 4. The lowest BCUT2D eigenvalue weighted by Gasteiger charge is -2.38. The van der Waals surface area contributed by atoms with Crippen LogP contribution in [-0.4, -0.2) is 73.1 Å². The highest BCUT2D eigenvalue weighted by molar-refractivity contribution is 7.86. The third-order valence-corrected chi connectivity index (χ3v) is 6.02. The Bertz CT molecular complexity index is 424. The van der Waals surface area contributed by atoms with Gasteiger partial charge in [-0.3, -0.25) is 10.3 Å². The molecule has 110 valence electrons. The average molecular weight is 289 g/mol. The van der Waals surface area contributed by atoms with Crippen LogP contribution in [0.5, 0.6) is 0 Å². The van der Waals surface area contributed by atoms with E-state index >= 15 is 0 Å². The van der Waals surface area contributed by atoms with Crippen molar-refractivity contribution in [2.24, 2.45) is 5.73 Å². The minimum atomic E-state index is -3.28. The van der Waals surface area contributed by atoms with Crippen molar-refractivity contribution in [3.8, 4) is 0 Å². The molecule has 1 unspecified atom stereocenters. The highest BCUT2D eigenvalue weighted by atomic mass is 32.2. The molecule has 19 heavy (non-hydrogen) atoms. The van der Waals surface area contributed by atoms with Crippen molar-refractivity contribution in [3.05, 3.63) is 0 Å². The van der Waals surface area contributed by atoms with Crippen molar-refractivity contribution in [2.45, 2.75) is 25.8 Å². The maximum Gasteiger partial charge on any atom is 0.282 e. The number of nitrogens with one attached hydrogen (secondary N) is 1. The molecular formula is C11H23N5O2S. The van der Waals surface area contributed by atoms with Gasteiger partial charge in [0, 0.05) is 39.3 Å². The lowest BCUT2D eigenvalue weighted by atomic mass is 10.2. The van der Waals surface area contributed by atoms with Crippen LogP contribution in [0, 0.1) is 5.41 Å². The number of hydrogen-bond donors (Lipinski definition) is 2. The summed E-state index contributed by atoms with van der Waals surface area (Å²) >= 11 is 0. The van der Waals surface area contributed by atoms with Crippen LogP contribution in [0.3, 0.4) is 0 Å². The van der Waals surface area contributed by atoms with Gasteiger partial charge in [-0.25, -0.2) is 0 Å². The van der Waals surface area contributed by atoms with Crippen LogP contribution >= 0.6 is 0 Å². The Balaban J connectivity index is 1.94. The second-order valence-electron chi connectivity index (χ2n) is 5.18. The van der Waals surface area contributed by atoms with Gasteiger partial charge in [0.05, 0.1) is 6.04 Å². The van der Waals surface area contributed by atoms with E-state index in [9.17, 15) is 8.42 Å². The van der Waals surface area contributed by atoms with Crippen molar-refractivity contribution < 1.29 is 8.42 Å². The van der Waals surface area contributed by atoms with Gasteiger partial charge in [-0.1, -0.05) is 0 Å². The number of nitrogens with zero attached hydrogens (tertiary/aromatic N) is 3. The van der Waals surface area contributed by atoms with Crippen molar-refractivity contribution >= 4 is 16.0 Å². The Morgan fingerprint density at radius 2 is 1.53 bits per heavy atom. The first-order valence-corrected chi connectivity index (χ1v) is 8.16. The smallest absolute Gasteiger partial charge is 0.282 e. The van der Waals surface area contributed by atoms with E-state index in [1.807, 2.05) is 6.92 Å². The lowest BCUT2D eigenvalue weighted by Crippen LogP contribution is -2.56. The van der Waals surface area contributed by atoms with Crippen molar-refractivity contribution in [1.29, 1.82) is 5.41 Å². The molecule has 2 aliphatic heterocycles. The number of amidine groups is 1. The molecule has 0 saturated carbocycles. The van der Waals surface area contributed by atoms with E-state index in [2.05, 4.69) is 4.90 Å². The standard InChI is InChI=1S/C11H23N5O2S/c1-10(11(12)13)14-6-8-16(9-7-14)19(17,18)15-4-2-3-5-15/h10H,2-9H2,1H3,(H3,12,13). The van der Waals surface area contributed by atoms with E-state index in [-0.39, 0.29) is 11.9 Å². The highest BCUT2D eigenvalue weighted by Crippen LogP contribution is 2.18. The number of nitrogens with two attached hydrogens (primary N) is 1. The van der Waals surface area contributed by atoms with Gasteiger partial charge in [-0.15, -0.1) is 0 Å². The molecule has 0 aromatic heterocycles. The molecule has 0 radical (unpaired) electrons. The third kappa shape index (κ3) is 3.07. The van der Waals surface area contributed by atoms with Crippen LogP contribution < -0.4 is 5.73 Å². The molecule has 3 N–H and O–H groups in total. The Morgan fingerprint density at radius 1 is 1.05 bits per heavy atom. The second-order valence-corrected chi connectivity index (χ2v) is 7.11. The predicted octanol–water partition coefficient (Wildman–Crippen LogP) is -0.731. The zero-order chi connectivity index (χ0) is 14.0. The Kier molecular flexibility index (Phi) is 4.44. The molecule has 1 atom stereocenters. The molecule has 2 heterocycles. The van der Waals surface area contributed by atoms with Gasteiger partial charge in [0.25, 0.3) is 10.2 Å². The fourth-order valence-electron chi connectivity index (χ4n) is 2.60. The Labute approximate surface area is 115 Å². The fraction of sp³-hybridized carbons (Fsp3) is 0.909. The fourth-order valence-corrected chi connectivity index (χ4v) is 4.27. The SMILES string of the molecule is CC(C(=N)N)N1CCN(S(=O)(=O)N2CCCC2)CC1. The van der Waals surface area contributed by atoms with Crippen molar-refractivity contribution in [3.63, 3.8) is 0 Å². The Morgan fingerprint density at radius 3 is 2.00 bits per heavy atom. The number of piperazine rings is 1. The Hall–Kier alpha value is -0.700. The van der Waals surface area contributed by atoms with E-state index in [1.165, 1.54) is 0 Å². The van der Waals surface area contributed by atoms with Crippen LogP contribution in [-0.2, 0) is 10.2 Å². The molecule has 7 nitrogen and oxygen atoms in total. The van der Waals surface area contributed by atoms with E-state index < -0.39 is 10.2 Å². The molecule has 2 rings (SSSR count). The molecule has 0 amide bonds. The third-order valence-electron chi connectivity index (χ3n) is 3.99. The van der Waals surface area contributed by atoms with Gasteiger partial charge in [0.2, 0.25) is 0 Å². The summed E-state index contributed by atoms with van der Waals surface area (Å²) in [7, 11) is -3.28. The quantitative estimate of drug-likeness (QED) is 0.527. The summed E-state index contributed by atoms with van der Waals surface area (Å²) in [5.74, 6) is 0.135. The van der Waals surface area contributed by atoms with Gasteiger partial charge in [-0.2, -0.15) is 17.0 Å². The molecule has 0 aliphatic carbocycles. The normalized spacial score (nSPS) is 25.5. The topological polar surface area (TPSA) is 93.7 Å². The van der Waals surface area contributed by atoms with Crippen LogP contribution in [0.2, 0.25) is 0 Å². The van der Waals surface area contributed by atoms with Crippen LogP contribution in [0.1, 0.15) is 19.8 Å². The summed E-state index contributed by atoms with van der Waals surface area (Å²) in [6, 6.07) is -0.114. The zero-order valence-corrected chi connectivity index (χ0v) is 12.2. The summed E-state index contributed by atoms with van der Waals surface area (Å²) in [6.45, 7) is 5.40. The van der Waals surface area contributed by atoms with Crippen molar-refractivity contribution in [2.75, 3.05) is 39.3 Å². The van der Waals surface area contributed by atoms with Gasteiger partial charge in [-0.05, 0) is 19.8 Å². The summed E-state index contributed by atoms with van der Waals surface area (Å²) in [6.07, 6.45) is 1.92. The summed E-state index contributed by atoms with van der Waals surface area (Å²) in [5, 5.41) is 7.44. The summed E-state index contributed by atoms with van der Waals surface area (Å²) in [4.78, 5) is 2.05. The van der Waals surface area contributed by atoms with E-state index in [0.29, 0.717) is 39.3 Å². The molecule has 0 bridgehead atoms. The molecule has 2 saturated heterocycles. The van der Waals surface area contributed by atoms with Gasteiger partial charge >= 0.3 is 0 Å². The molecule has 0 aromatic carbocycles. The van der Waals surface area contributed by atoms with E-state index in [1.54, 1.807) is 8.61 Å². The monoisotopic (exact) mass is 289 g/mol. The van der Waals surface area contributed by atoms with Gasteiger partial charge < -0.3 is 5.73 Å². The van der Waals surface area contributed by atoms with Crippen LogP contribution in [0.4, 0.5) is 0 Å². The maximum atomic E-state index is 12.4. The maximum absolute atomic E-state index is 12.4. The average Bonchev–Trinajstić information content (AvgIpc) is 2.92. The van der Waals surface area contributed by atoms with Crippen LogP contribution in [0.15, 0.2) is 0 Å². The first-order valence-electron chi connectivity index (χ1n) is 6.76. The molecule has 0 spiro atoms. The van der Waals surface area contributed by atoms with Gasteiger partial charge in [0.15, 0.2) is 0 Å².